The number of hydrogen-bond acceptors (Lipinski definition) is 4. The van der Waals surface area contributed by atoms with E-state index in [1.165, 1.54) is 4.57 Å². The molecular formula is C14H17BBrN3O2. The Morgan fingerprint density at radius 3 is 2.33 bits per heavy atom. The summed E-state index contributed by atoms with van der Waals surface area (Å²) in [6.45, 7) is 7.53. The average Bonchev–Trinajstić information content (AvgIpc) is 2.91. The monoisotopic (exact) mass is 354 g/mol. The van der Waals surface area contributed by atoms with Gasteiger partial charge in [0.05, 0.1) is 29.3 Å². The van der Waals surface area contributed by atoms with Crippen molar-refractivity contribution in [3.63, 3.8) is 0 Å². The molecular weight excluding hydrogens is 333 g/mol. The minimum atomic E-state index is -0.888. The summed E-state index contributed by atoms with van der Waals surface area (Å²) in [7, 11) is -0.888. The van der Waals surface area contributed by atoms with Crippen molar-refractivity contribution in [2.24, 2.45) is 0 Å². The third-order valence-corrected chi connectivity index (χ3v) is 4.32. The Kier molecular flexibility index (Phi) is 2.29. The number of pyridine rings is 1. The number of imidazole rings is 1. The first-order chi connectivity index (χ1) is 11.9. The fraction of sp³-hybridized carbons (Fsp3) is 0.429. The summed E-state index contributed by atoms with van der Waals surface area (Å²) in [6, 6.07) is -0.726. The number of nitrogens with zero attached hydrogens (tertiary/aromatic N) is 3. The van der Waals surface area contributed by atoms with Crippen LogP contribution in [0.3, 0.4) is 0 Å². The van der Waals surface area contributed by atoms with Crippen molar-refractivity contribution >= 4 is 28.6 Å². The van der Waals surface area contributed by atoms with E-state index in [0.717, 1.165) is 0 Å². The van der Waals surface area contributed by atoms with E-state index in [-0.39, 0.29) is 34.3 Å². The Morgan fingerprint density at radius 1 is 1.19 bits per heavy atom. The van der Waals surface area contributed by atoms with Crippen LogP contribution in [0, 0.1) is 0 Å². The second-order valence-corrected chi connectivity index (χ2v) is 6.44. The molecule has 5 nitrogen and oxygen atoms in total. The molecule has 0 amide bonds. The molecule has 21 heavy (non-hydrogen) atoms. The van der Waals surface area contributed by atoms with Gasteiger partial charge in [-0.3, -0.25) is 9.55 Å². The molecule has 2 aromatic rings. The first-order valence-corrected chi connectivity index (χ1v) is 7.22. The number of halogens is 1. The van der Waals surface area contributed by atoms with Crippen molar-refractivity contribution in [3.8, 4) is 5.69 Å². The zero-order valence-electron chi connectivity index (χ0n) is 17.1. The van der Waals surface area contributed by atoms with E-state index in [1.54, 1.807) is 0 Å². The Labute approximate surface area is 140 Å². The number of aromatic nitrogens is 3. The van der Waals surface area contributed by atoms with E-state index in [0.29, 0.717) is 0 Å². The molecule has 110 valence electrons. The highest BCUT2D eigenvalue weighted by Gasteiger charge is 2.52. The van der Waals surface area contributed by atoms with Crippen LogP contribution in [0.25, 0.3) is 5.69 Å². The van der Waals surface area contributed by atoms with Gasteiger partial charge in [-0.2, -0.15) is 0 Å². The van der Waals surface area contributed by atoms with Crippen LogP contribution in [0.4, 0.5) is 0 Å². The molecule has 0 bridgehead atoms. The van der Waals surface area contributed by atoms with Crippen LogP contribution < -0.4 is 5.59 Å². The number of rotatable bonds is 2. The third kappa shape index (κ3) is 2.54. The molecule has 3 heterocycles. The standard InChI is InChI=1S/C14H17BBrN3O2/c1-13(2)14(3,4)21-15(20-13)11-9-19(12(16)18-11)10-5-7-17-8-6-10/h5-9H,1-4H3/i5D,6D,7D,8D,9D. The Morgan fingerprint density at radius 2 is 1.76 bits per heavy atom. The van der Waals surface area contributed by atoms with Crippen LogP contribution in [-0.2, 0) is 9.31 Å². The lowest BCUT2D eigenvalue weighted by molar-refractivity contribution is 0.00578. The second kappa shape index (κ2) is 4.93. The van der Waals surface area contributed by atoms with Gasteiger partial charge < -0.3 is 9.31 Å². The van der Waals surface area contributed by atoms with Crippen molar-refractivity contribution in [1.82, 2.24) is 14.5 Å². The predicted octanol–water partition coefficient (Wildman–Crippen LogP) is 2.33. The van der Waals surface area contributed by atoms with Crippen LogP contribution in [0.1, 0.15) is 34.5 Å². The molecule has 0 saturated carbocycles. The topological polar surface area (TPSA) is 49.2 Å². The maximum Gasteiger partial charge on any atom is 0.516 e. The fourth-order valence-corrected chi connectivity index (χ4v) is 2.33. The van der Waals surface area contributed by atoms with E-state index in [4.69, 9.17) is 16.2 Å². The molecule has 0 aliphatic carbocycles. The van der Waals surface area contributed by atoms with E-state index in [2.05, 4.69) is 25.9 Å². The molecule has 0 unspecified atom stereocenters. The molecule has 0 atom stereocenters. The van der Waals surface area contributed by atoms with Gasteiger partial charge in [-0.05, 0) is 55.7 Å². The number of hydrogen-bond donors (Lipinski definition) is 0. The smallest absolute Gasteiger partial charge is 0.398 e. The summed E-state index contributed by atoms with van der Waals surface area (Å²) in [5, 5.41) is 0. The van der Waals surface area contributed by atoms with Crippen LogP contribution in [-0.4, -0.2) is 32.9 Å². The summed E-state index contributed by atoms with van der Waals surface area (Å²) < 4.78 is 53.1. The SMILES string of the molecule is [2H]c1nc([2H])c([2H])c(-n2c(Br)nc(B3OC(C)(C)C(C)(C)O3)c2[2H])c1[2H]. The molecule has 1 aliphatic rings. The van der Waals surface area contributed by atoms with Gasteiger partial charge in [0.2, 0.25) is 0 Å². The lowest BCUT2D eigenvalue weighted by Gasteiger charge is -2.32. The third-order valence-electron chi connectivity index (χ3n) is 3.78. The molecule has 0 spiro atoms. The van der Waals surface area contributed by atoms with Crippen LogP contribution in [0.5, 0.6) is 0 Å². The fourth-order valence-electron chi connectivity index (χ4n) is 1.88. The van der Waals surface area contributed by atoms with Gasteiger partial charge in [-0.1, -0.05) is 0 Å². The van der Waals surface area contributed by atoms with Gasteiger partial charge in [0.15, 0.2) is 4.73 Å². The molecule has 3 rings (SSSR count). The molecule has 1 fully saturated rings. The highest BCUT2D eigenvalue weighted by molar-refractivity contribution is 9.10. The van der Waals surface area contributed by atoms with Gasteiger partial charge in [-0.15, -0.1) is 0 Å². The minimum Gasteiger partial charge on any atom is -0.398 e. The molecule has 1 aliphatic heterocycles. The van der Waals surface area contributed by atoms with Crippen LogP contribution in [0.15, 0.2) is 35.3 Å². The maximum absolute atomic E-state index is 8.46. The largest absolute Gasteiger partial charge is 0.516 e. The first-order valence-electron chi connectivity index (χ1n) is 8.92. The Bertz CT molecular complexity index is 863. The minimum absolute atomic E-state index is 0.109. The normalized spacial score (nSPS) is 23.3. The van der Waals surface area contributed by atoms with Gasteiger partial charge in [-0.25, -0.2) is 4.98 Å². The summed E-state index contributed by atoms with van der Waals surface area (Å²) in [5.74, 6) is 0. The van der Waals surface area contributed by atoms with Gasteiger partial charge >= 0.3 is 7.12 Å². The molecule has 0 aromatic carbocycles. The van der Waals surface area contributed by atoms with E-state index < -0.39 is 30.7 Å². The molecule has 1 saturated heterocycles. The van der Waals surface area contributed by atoms with Crippen LogP contribution >= 0.6 is 15.9 Å². The molecule has 0 N–H and O–H groups in total. The van der Waals surface area contributed by atoms with Crippen molar-refractivity contribution in [3.05, 3.63) is 35.3 Å². The highest BCUT2D eigenvalue weighted by Crippen LogP contribution is 2.36. The summed E-state index contributed by atoms with van der Waals surface area (Å²) in [6.07, 6.45) is -1.04. The summed E-state index contributed by atoms with van der Waals surface area (Å²) >= 11 is 3.24. The highest BCUT2D eigenvalue weighted by atomic mass is 79.9. The zero-order valence-corrected chi connectivity index (χ0v) is 13.7. The van der Waals surface area contributed by atoms with Crippen molar-refractivity contribution in [2.75, 3.05) is 0 Å². The predicted molar refractivity (Wildman–Crippen MR) is 84.8 cm³/mol. The molecule has 0 radical (unpaired) electrons. The maximum atomic E-state index is 8.46. The Hall–Kier alpha value is -1.18. The quantitative estimate of drug-likeness (QED) is 0.776. The van der Waals surface area contributed by atoms with E-state index in [1.807, 2.05) is 27.7 Å². The van der Waals surface area contributed by atoms with Crippen molar-refractivity contribution in [1.29, 1.82) is 0 Å². The van der Waals surface area contributed by atoms with Crippen molar-refractivity contribution in [2.45, 2.75) is 38.9 Å². The lowest BCUT2D eigenvalue weighted by atomic mass is 9.86. The first kappa shape index (κ1) is 9.76. The van der Waals surface area contributed by atoms with Crippen molar-refractivity contribution < 1.29 is 16.2 Å². The second-order valence-electron chi connectivity index (χ2n) is 5.74. The van der Waals surface area contributed by atoms with Crippen LogP contribution in [0.2, 0.25) is 0 Å². The zero-order chi connectivity index (χ0) is 19.6. The molecule has 7 heteroatoms. The Balaban J connectivity index is 2.15. The van der Waals surface area contributed by atoms with Gasteiger partial charge in [0.1, 0.15) is 0 Å². The summed E-state index contributed by atoms with van der Waals surface area (Å²) in [4.78, 5) is 7.81. The van der Waals surface area contributed by atoms with Gasteiger partial charge in [0.25, 0.3) is 0 Å². The van der Waals surface area contributed by atoms with Gasteiger partial charge in [0, 0.05) is 18.5 Å². The lowest BCUT2D eigenvalue weighted by Crippen LogP contribution is -2.41. The summed E-state index contributed by atoms with van der Waals surface area (Å²) in [5.41, 5.74) is -1.15. The molecule has 2 aromatic heterocycles. The van der Waals surface area contributed by atoms with E-state index >= 15 is 0 Å². The average molecular weight is 355 g/mol. The van der Waals surface area contributed by atoms with E-state index in [9.17, 15) is 0 Å².